The Balaban J connectivity index is 1.96. The fourth-order valence-electron chi connectivity index (χ4n) is 4.58. The normalized spacial score (nSPS) is 19.3. The molecule has 3 amide bonds. The van der Waals surface area contributed by atoms with Crippen molar-refractivity contribution in [2.45, 2.75) is 82.2 Å². The van der Waals surface area contributed by atoms with Crippen LogP contribution in [0.1, 0.15) is 52.5 Å². The predicted octanol–water partition coefficient (Wildman–Crippen LogP) is 5.46. The fraction of sp³-hybridized carbons (Fsp3) is 0.481. The van der Waals surface area contributed by atoms with Gasteiger partial charge in [0.2, 0.25) is 0 Å². The maximum Gasteiger partial charge on any atom is 0.573 e. The molecule has 1 aromatic carbocycles. The average molecular weight is 621 g/mol. The molecule has 3 rings (SSSR count). The van der Waals surface area contributed by atoms with E-state index in [2.05, 4.69) is 20.4 Å². The molecule has 1 heterocycles. The van der Waals surface area contributed by atoms with Gasteiger partial charge < -0.3 is 20.1 Å². The molecular formula is C27H30ClF5N4O5. The van der Waals surface area contributed by atoms with Gasteiger partial charge in [0.1, 0.15) is 17.2 Å². The van der Waals surface area contributed by atoms with Gasteiger partial charge in [-0.05, 0) is 77.3 Å². The Morgan fingerprint density at radius 2 is 1.62 bits per heavy atom. The van der Waals surface area contributed by atoms with Crippen molar-refractivity contribution in [2.24, 2.45) is 0 Å². The van der Waals surface area contributed by atoms with Crippen LogP contribution in [-0.4, -0.2) is 52.6 Å². The van der Waals surface area contributed by atoms with Crippen LogP contribution in [0.5, 0.6) is 5.75 Å². The second kappa shape index (κ2) is 12.7. The van der Waals surface area contributed by atoms with E-state index in [1.807, 2.05) is 0 Å². The molecule has 1 saturated carbocycles. The van der Waals surface area contributed by atoms with Crippen LogP contribution in [0.2, 0.25) is 0 Å². The molecule has 230 valence electrons. The Morgan fingerprint density at radius 3 is 2.14 bits per heavy atom. The molecule has 1 unspecified atom stereocenters. The van der Waals surface area contributed by atoms with Gasteiger partial charge in [0, 0.05) is 29.5 Å². The highest BCUT2D eigenvalue weighted by Gasteiger charge is 2.48. The van der Waals surface area contributed by atoms with Crippen molar-refractivity contribution in [1.29, 1.82) is 0 Å². The third kappa shape index (κ3) is 8.43. The molecular weight excluding hydrogens is 591 g/mol. The summed E-state index contributed by atoms with van der Waals surface area (Å²) in [5.41, 5.74) is -6.02. The number of halogens is 6. The number of amides is 3. The summed E-state index contributed by atoms with van der Waals surface area (Å²) in [6.07, 6.45) is -2.55. The van der Waals surface area contributed by atoms with Crippen LogP contribution >= 0.6 is 11.6 Å². The second-order valence-corrected chi connectivity index (χ2v) is 11.2. The molecule has 15 heteroatoms. The zero-order valence-corrected chi connectivity index (χ0v) is 23.9. The number of nitrogens with one attached hydrogen (secondary N) is 2. The smallest absolute Gasteiger partial charge is 0.444 e. The molecule has 0 saturated heterocycles. The van der Waals surface area contributed by atoms with E-state index in [4.69, 9.17) is 16.3 Å². The number of ether oxygens (including phenoxy) is 2. The highest BCUT2D eigenvalue weighted by molar-refractivity contribution is 6.32. The Hall–Kier alpha value is -3.68. The topological polar surface area (TPSA) is 110 Å². The SMILES string of the molecule is CC(C)(C)OC(=O)N[C@H]1CC[C@@H](NC(=O)C(C)(c2cncc(F)c2)N(C(=O)[C@H](F)Cl)c2ccc(OC(F)(F)F)cc2)C1. The van der Waals surface area contributed by atoms with Crippen molar-refractivity contribution in [3.8, 4) is 5.75 Å². The lowest BCUT2D eigenvalue weighted by atomic mass is 9.88. The van der Waals surface area contributed by atoms with Gasteiger partial charge in [-0.15, -0.1) is 13.2 Å². The van der Waals surface area contributed by atoms with E-state index in [-0.39, 0.29) is 23.7 Å². The monoisotopic (exact) mass is 620 g/mol. The number of hydrogen-bond donors (Lipinski definition) is 2. The lowest BCUT2D eigenvalue weighted by Crippen LogP contribution is -2.59. The predicted molar refractivity (Wildman–Crippen MR) is 142 cm³/mol. The van der Waals surface area contributed by atoms with Crippen LogP contribution in [0.15, 0.2) is 42.7 Å². The number of pyridine rings is 1. The molecule has 2 aromatic rings. The average Bonchev–Trinajstić information content (AvgIpc) is 3.29. The van der Waals surface area contributed by atoms with Crippen molar-refractivity contribution in [3.63, 3.8) is 0 Å². The first kappa shape index (κ1) is 32.8. The fourth-order valence-corrected chi connectivity index (χ4v) is 4.68. The minimum absolute atomic E-state index is 0.178. The summed E-state index contributed by atoms with van der Waals surface area (Å²) in [6, 6.07) is 3.73. The number of rotatable bonds is 8. The maximum absolute atomic E-state index is 14.3. The van der Waals surface area contributed by atoms with E-state index in [1.54, 1.807) is 20.8 Å². The molecule has 1 aromatic heterocycles. The number of aromatic nitrogens is 1. The van der Waals surface area contributed by atoms with Crippen molar-refractivity contribution >= 4 is 35.2 Å². The molecule has 4 atom stereocenters. The van der Waals surface area contributed by atoms with Crippen molar-refractivity contribution < 1.29 is 45.8 Å². The third-order valence-corrected chi connectivity index (χ3v) is 6.57. The molecule has 1 aliphatic carbocycles. The Morgan fingerprint density at radius 1 is 1.02 bits per heavy atom. The minimum Gasteiger partial charge on any atom is -0.444 e. The quantitative estimate of drug-likeness (QED) is 0.300. The Bertz CT molecular complexity index is 1290. The molecule has 1 fully saturated rings. The van der Waals surface area contributed by atoms with Crippen molar-refractivity contribution in [2.75, 3.05) is 4.90 Å². The Labute approximate surface area is 243 Å². The zero-order valence-electron chi connectivity index (χ0n) is 23.1. The molecule has 0 bridgehead atoms. The van der Waals surface area contributed by atoms with Gasteiger partial charge in [-0.25, -0.2) is 13.6 Å². The van der Waals surface area contributed by atoms with Crippen LogP contribution in [0.25, 0.3) is 0 Å². The summed E-state index contributed by atoms with van der Waals surface area (Å²) < 4.78 is 75.8. The van der Waals surface area contributed by atoms with Gasteiger partial charge in [0.25, 0.3) is 17.4 Å². The number of nitrogens with zero attached hydrogens (tertiary/aromatic N) is 2. The first-order chi connectivity index (χ1) is 19.4. The number of alkyl carbamates (subject to hydrolysis) is 1. The molecule has 0 spiro atoms. The molecule has 0 aliphatic heterocycles. The molecule has 0 radical (unpaired) electrons. The summed E-state index contributed by atoms with van der Waals surface area (Å²) in [5.74, 6) is -3.86. The molecule has 2 N–H and O–H groups in total. The van der Waals surface area contributed by atoms with Gasteiger partial charge in [0.05, 0.1) is 6.20 Å². The maximum atomic E-state index is 14.3. The number of alkyl halides is 5. The number of benzene rings is 1. The Kier molecular flexibility index (Phi) is 9.91. The first-order valence-electron chi connectivity index (χ1n) is 12.8. The van der Waals surface area contributed by atoms with Crippen LogP contribution < -0.4 is 20.3 Å². The summed E-state index contributed by atoms with van der Waals surface area (Å²) in [6.45, 7) is 6.32. The summed E-state index contributed by atoms with van der Waals surface area (Å²) in [5, 5.41) is 5.49. The van der Waals surface area contributed by atoms with Gasteiger partial charge in [-0.1, -0.05) is 11.6 Å². The van der Waals surface area contributed by atoms with Crippen molar-refractivity contribution in [1.82, 2.24) is 15.6 Å². The summed E-state index contributed by atoms with van der Waals surface area (Å²) in [7, 11) is 0. The standard InChI is InChI=1S/C27H30ClF5N4O5/c1-25(2,3)42-24(40)36-18-6-5-17(12-18)35-23(39)26(4,15-11-16(29)14-34-13-15)37(22(38)21(28)30)19-7-9-20(10-8-19)41-27(31,32)33/h7-11,13-14,17-18,21H,5-6,12H2,1-4H3,(H,35,39)(H,36,40)/t17-,18+,21+,26?/m1/s1. The molecule has 1 aliphatic rings. The van der Waals surface area contributed by atoms with E-state index >= 15 is 0 Å². The van der Waals surface area contributed by atoms with Crippen LogP contribution in [0.3, 0.4) is 0 Å². The minimum atomic E-state index is -5.00. The molecule has 42 heavy (non-hydrogen) atoms. The number of carbonyl (C=O) groups is 3. The molecule has 9 nitrogen and oxygen atoms in total. The number of carbonyl (C=O) groups excluding carboxylic acids is 3. The van der Waals surface area contributed by atoms with E-state index in [0.29, 0.717) is 17.7 Å². The lowest BCUT2D eigenvalue weighted by molar-refractivity contribution is -0.274. The van der Waals surface area contributed by atoms with Gasteiger partial charge in [0.15, 0.2) is 5.54 Å². The van der Waals surface area contributed by atoms with E-state index in [0.717, 1.165) is 42.7 Å². The van der Waals surface area contributed by atoms with Gasteiger partial charge >= 0.3 is 12.5 Å². The second-order valence-electron chi connectivity index (χ2n) is 10.8. The number of anilines is 1. The number of hydrogen-bond acceptors (Lipinski definition) is 6. The van der Waals surface area contributed by atoms with E-state index < -0.39 is 58.6 Å². The van der Waals surface area contributed by atoms with E-state index in [1.165, 1.54) is 6.92 Å². The highest BCUT2D eigenvalue weighted by atomic mass is 35.5. The highest BCUT2D eigenvalue weighted by Crippen LogP contribution is 2.37. The largest absolute Gasteiger partial charge is 0.573 e. The van der Waals surface area contributed by atoms with Crippen molar-refractivity contribution in [3.05, 3.63) is 54.1 Å². The lowest BCUT2D eigenvalue weighted by Gasteiger charge is -2.41. The summed E-state index contributed by atoms with van der Waals surface area (Å²) >= 11 is 5.50. The van der Waals surface area contributed by atoms with Crippen LogP contribution in [-0.2, 0) is 19.9 Å². The zero-order chi connectivity index (χ0) is 31.5. The van der Waals surface area contributed by atoms with Crippen LogP contribution in [0, 0.1) is 5.82 Å². The van der Waals surface area contributed by atoms with Gasteiger partial charge in [-0.2, -0.15) is 0 Å². The summed E-state index contributed by atoms with van der Waals surface area (Å²) in [4.78, 5) is 43.6. The first-order valence-corrected chi connectivity index (χ1v) is 13.2. The van der Waals surface area contributed by atoms with Crippen LogP contribution in [0.4, 0.5) is 32.4 Å². The third-order valence-electron chi connectivity index (χ3n) is 6.38. The van der Waals surface area contributed by atoms with E-state index in [9.17, 15) is 36.3 Å². The van der Waals surface area contributed by atoms with Gasteiger partial charge in [-0.3, -0.25) is 19.5 Å².